The maximum Gasteiger partial charge on any atom is 0.0686 e. The number of likely N-dealkylation sites (N-methyl/N-ethyl adjacent to an activating group) is 1. The number of hydrogen-bond acceptors (Lipinski definition) is 3. The molecule has 4 heteroatoms. The molecule has 20 heavy (non-hydrogen) atoms. The Bertz CT molecular complexity index is 524. The molecular weight excluding hydrogens is 250 g/mol. The first kappa shape index (κ1) is 14.8. The number of rotatable bonds is 7. The number of benzene rings is 1. The summed E-state index contributed by atoms with van der Waals surface area (Å²) in [5.74, 6) is 0. The van der Waals surface area contributed by atoms with E-state index in [1.165, 1.54) is 0 Å². The van der Waals surface area contributed by atoms with E-state index in [1.807, 2.05) is 42.2 Å². The summed E-state index contributed by atoms with van der Waals surface area (Å²) in [6.45, 7) is 5.75. The fourth-order valence-corrected chi connectivity index (χ4v) is 2.55. The van der Waals surface area contributed by atoms with Gasteiger partial charge in [-0.25, -0.2) is 0 Å². The van der Waals surface area contributed by atoms with E-state index in [0.717, 1.165) is 30.6 Å². The number of aryl methyl sites for hydroxylation is 2. The highest BCUT2D eigenvalue weighted by atomic mass is 16.3. The smallest absolute Gasteiger partial charge is 0.0686 e. The second kappa shape index (κ2) is 6.68. The molecule has 0 saturated heterocycles. The van der Waals surface area contributed by atoms with E-state index in [4.69, 9.17) is 0 Å². The normalized spacial score (nSPS) is 14.2. The van der Waals surface area contributed by atoms with Crippen molar-refractivity contribution < 1.29 is 5.11 Å². The highest BCUT2D eigenvalue weighted by Gasteiger charge is 2.30. The Kier molecular flexibility index (Phi) is 4.93. The zero-order valence-electron chi connectivity index (χ0n) is 12.2. The monoisotopic (exact) mass is 273 g/mol. The van der Waals surface area contributed by atoms with Gasteiger partial charge in [-0.15, -0.1) is 0 Å². The molecule has 2 N–H and O–H groups in total. The highest BCUT2D eigenvalue weighted by molar-refractivity contribution is 5.24. The summed E-state index contributed by atoms with van der Waals surface area (Å²) in [6, 6.07) is 10.1. The van der Waals surface area contributed by atoms with Gasteiger partial charge in [0.2, 0.25) is 0 Å². The molecule has 0 aliphatic carbocycles. The second-order valence-electron chi connectivity index (χ2n) is 5.17. The summed E-state index contributed by atoms with van der Waals surface area (Å²) in [4.78, 5) is 0. The molecule has 0 fully saturated rings. The van der Waals surface area contributed by atoms with Gasteiger partial charge in [0, 0.05) is 12.7 Å². The fraction of sp³-hybridized carbons (Fsp3) is 0.438. The van der Waals surface area contributed by atoms with E-state index in [2.05, 4.69) is 29.5 Å². The first-order valence-electron chi connectivity index (χ1n) is 7.10. The lowest BCUT2D eigenvalue weighted by Gasteiger charge is -2.33. The van der Waals surface area contributed by atoms with Crippen LogP contribution >= 0.6 is 0 Å². The van der Waals surface area contributed by atoms with Crippen molar-refractivity contribution in [2.45, 2.75) is 32.4 Å². The topological polar surface area (TPSA) is 50.1 Å². The van der Waals surface area contributed by atoms with Crippen LogP contribution in [0.15, 0.2) is 42.7 Å². The minimum absolute atomic E-state index is 0.0745. The van der Waals surface area contributed by atoms with Gasteiger partial charge in [0.05, 0.1) is 18.3 Å². The van der Waals surface area contributed by atoms with Crippen LogP contribution in [-0.2, 0) is 12.1 Å². The van der Waals surface area contributed by atoms with Crippen molar-refractivity contribution in [3.63, 3.8) is 0 Å². The Labute approximate surface area is 120 Å². The van der Waals surface area contributed by atoms with Crippen molar-refractivity contribution in [3.05, 3.63) is 53.9 Å². The standard InChI is InChI=1S/C16H23N3O/c1-3-17-16(13-20,15-7-5-4-6-8-15)9-10-19-12-14(2)11-18-19/h4-8,11-12,17,20H,3,9-10,13H2,1-2H3. The summed E-state index contributed by atoms with van der Waals surface area (Å²) < 4.78 is 1.93. The summed E-state index contributed by atoms with van der Waals surface area (Å²) in [7, 11) is 0. The number of hydrogen-bond donors (Lipinski definition) is 2. The number of aromatic nitrogens is 2. The molecule has 1 aromatic carbocycles. The van der Waals surface area contributed by atoms with Gasteiger partial charge in [0.15, 0.2) is 0 Å². The Morgan fingerprint density at radius 2 is 2.05 bits per heavy atom. The zero-order chi connectivity index (χ0) is 14.4. The van der Waals surface area contributed by atoms with Gasteiger partial charge >= 0.3 is 0 Å². The maximum absolute atomic E-state index is 9.95. The van der Waals surface area contributed by atoms with E-state index in [9.17, 15) is 5.11 Å². The van der Waals surface area contributed by atoms with Crippen LogP contribution in [0.2, 0.25) is 0 Å². The average molecular weight is 273 g/mol. The van der Waals surface area contributed by atoms with Crippen molar-refractivity contribution in [3.8, 4) is 0 Å². The van der Waals surface area contributed by atoms with E-state index in [-0.39, 0.29) is 6.61 Å². The van der Waals surface area contributed by atoms with E-state index >= 15 is 0 Å². The van der Waals surface area contributed by atoms with Crippen LogP contribution in [0.3, 0.4) is 0 Å². The van der Waals surface area contributed by atoms with Crippen LogP contribution in [0.1, 0.15) is 24.5 Å². The van der Waals surface area contributed by atoms with Gasteiger partial charge in [-0.1, -0.05) is 37.3 Å². The molecule has 4 nitrogen and oxygen atoms in total. The lowest BCUT2D eigenvalue weighted by atomic mass is 9.87. The second-order valence-corrected chi connectivity index (χ2v) is 5.17. The van der Waals surface area contributed by atoms with Crippen LogP contribution in [0.25, 0.3) is 0 Å². The van der Waals surface area contributed by atoms with Gasteiger partial charge in [0.25, 0.3) is 0 Å². The predicted octanol–water partition coefficient (Wildman–Crippen LogP) is 2.08. The third kappa shape index (κ3) is 3.26. The van der Waals surface area contributed by atoms with E-state index in [0.29, 0.717) is 0 Å². The van der Waals surface area contributed by atoms with Crippen LogP contribution in [0.5, 0.6) is 0 Å². The number of aliphatic hydroxyl groups is 1. The molecule has 1 atom stereocenters. The van der Waals surface area contributed by atoms with Gasteiger partial charge in [-0.2, -0.15) is 5.10 Å². The van der Waals surface area contributed by atoms with Crippen molar-refractivity contribution in [2.24, 2.45) is 0 Å². The molecule has 108 valence electrons. The molecule has 2 aromatic rings. The molecule has 0 radical (unpaired) electrons. The zero-order valence-corrected chi connectivity index (χ0v) is 12.2. The minimum Gasteiger partial charge on any atom is -0.394 e. The largest absolute Gasteiger partial charge is 0.394 e. The molecule has 1 unspecified atom stereocenters. The molecule has 0 bridgehead atoms. The SMILES string of the molecule is CCNC(CO)(CCn1cc(C)cn1)c1ccccc1. The molecule has 2 rings (SSSR count). The van der Waals surface area contributed by atoms with Crippen molar-refractivity contribution in [2.75, 3.05) is 13.2 Å². The first-order valence-corrected chi connectivity index (χ1v) is 7.10. The van der Waals surface area contributed by atoms with E-state index < -0.39 is 5.54 Å². The Balaban J connectivity index is 2.18. The lowest BCUT2D eigenvalue weighted by Crippen LogP contribution is -2.46. The first-order chi connectivity index (χ1) is 9.70. The molecular formula is C16H23N3O. The van der Waals surface area contributed by atoms with Gasteiger partial charge in [-0.3, -0.25) is 4.68 Å². The molecule has 1 heterocycles. The quantitative estimate of drug-likeness (QED) is 0.812. The van der Waals surface area contributed by atoms with Gasteiger partial charge in [0.1, 0.15) is 0 Å². The minimum atomic E-state index is -0.407. The highest BCUT2D eigenvalue weighted by Crippen LogP contribution is 2.25. The molecule has 0 saturated carbocycles. The summed E-state index contributed by atoms with van der Waals surface area (Å²) in [6.07, 6.45) is 4.68. The molecule has 0 aliphatic heterocycles. The van der Waals surface area contributed by atoms with Crippen LogP contribution < -0.4 is 5.32 Å². The van der Waals surface area contributed by atoms with Gasteiger partial charge in [-0.05, 0) is 31.0 Å². The van der Waals surface area contributed by atoms with Crippen LogP contribution in [0.4, 0.5) is 0 Å². The third-order valence-corrected chi connectivity index (χ3v) is 3.64. The summed E-state index contributed by atoms with van der Waals surface area (Å²) >= 11 is 0. The molecule has 1 aromatic heterocycles. The Hall–Kier alpha value is -1.65. The summed E-state index contributed by atoms with van der Waals surface area (Å²) in [5.41, 5.74) is 1.87. The third-order valence-electron chi connectivity index (χ3n) is 3.64. The lowest BCUT2D eigenvalue weighted by molar-refractivity contribution is 0.146. The van der Waals surface area contributed by atoms with Crippen molar-refractivity contribution in [1.29, 1.82) is 0 Å². The average Bonchev–Trinajstić information content (AvgIpc) is 2.90. The number of nitrogens with one attached hydrogen (secondary N) is 1. The molecule has 0 aliphatic rings. The van der Waals surface area contributed by atoms with Gasteiger partial charge < -0.3 is 10.4 Å². The van der Waals surface area contributed by atoms with Crippen molar-refractivity contribution >= 4 is 0 Å². The number of aliphatic hydroxyl groups excluding tert-OH is 1. The number of nitrogens with zero attached hydrogens (tertiary/aromatic N) is 2. The van der Waals surface area contributed by atoms with Crippen LogP contribution in [-0.4, -0.2) is 28.0 Å². The van der Waals surface area contributed by atoms with E-state index in [1.54, 1.807) is 0 Å². The maximum atomic E-state index is 9.95. The van der Waals surface area contributed by atoms with Crippen molar-refractivity contribution in [1.82, 2.24) is 15.1 Å². The Morgan fingerprint density at radius 1 is 1.30 bits per heavy atom. The molecule has 0 spiro atoms. The fourth-order valence-electron chi connectivity index (χ4n) is 2.55. The van der Waals surface area contributed by atoms with Crippen LogP contribution in [0, 0.1) is 6.92 Å². The predicted molar refractivity (Wildman–Crippen MR) is 80.5 cm³/mol. The Morgan fingerprint density at radius 3 is 2.60 bits per heavy atom. The summed E-state index contributed by atoms with van der Waals surface area (Å²) in [5, 5.41) is 17.7. The molecule has 0 amide bonds.